The second kappa shape index (κ2) is 6.59. The van der Waals surface area contributed by atoms with Gasteiger partial charge in [0.15, 0.2) is 0 Å². The van der Waals surface area contributed by atoms with Crippen LogP contribution < -0.4 is 4.90 Å². The van der Waals surface area contributed by atoms with Gasteiger partial charge >= 0.3 is 0 Å². The Morgan fingerprint density at radius 3 is 2.59 bits per heavy atom. The number of carbonyl (C=O) groups is 1. The number of hydrogen-bond donors (Lipinski definition) is 0. The Labute approximate surface area is 164 Å². The molecule has 2 fully saturated rings. The van der Waals surface area contributed by atoms with Gasteiger partial charge in [0.25, 0.3) is 5.91 Å². The lowest BCUT2D eigenvalue weighted by Crippen LogP contribution is -2.50. The monoisotopic (exact) mass is 387 g/mol. The average Bonchev–Trinajstić information content (AvgIpc) is 3.08. The smallest absolute Gasteiger partial charge is 0.265 e. The van der Waals surface area contributed by atoms with E-state index in [2.05, 4.69) is 23.7 Å². The topological polar surface area (TPSA) is 36.4 Å². The van der Waals surface area contributed by atoms with Gasteiger partial charge in [-0.05, 0) is 70.7 Å². The van der Waals surface area contributed by atoms with Gasteiger partial charge in [0.1, 0.15) is 10.7 Å². The van der Waals surface area contributed by atoms with E-state index in [-0.39, 0.29) is 17.3 Å². The van der Waals surface area contributed by atoms with E-state index in [0.717, 1.165) is 47.2 Å². The number of thiazole rings is 1. The zero-order chi connectivity index (χ0) is 19.3. The minimum Gasteiger partial charge on any atom is -0.363 e. The molecular weight excluding hydrogens is 361 g/mol. The highest BCUT2D eigenvalue weighted by molar-refractivity contribution is 7.13. The first-order valence-electron chi connectivity index (χ1n) is 9.54. The Morgan fingerprint density at radius 2 is 1.96 bits per heavy atom. The largest absolute Gasteiger partial charge is 0.363 e. The van der Waals surface area contributed by atoms with E-state index in [1.165, 1.54) is 23.5 Å². The highest BCUT2D eigenvalue weighted by atomic mass is 32.1. The maximum Gasteiger partial charge on any atom is 0.265 e. The van der Waals surface area contributed by atoms with Crippen molar-refractivity contribution in [1.82, 2.24) is 9.88 Å². The van der Waals surface area contributed by atoms with E-state index in [1.807, 2.05) is 30.9 Å². The summed E-state index contributed by atoms with van der Waals surface area (Å²) in [4.78, 5) is 22.6. The SMILES string of the molecule is Cc1nc(C)c(C(=O)N2CC[C@H]3[C@@H](C2)CC(C)(C)N3c2ccc(F)cc2)s1. The zero-order valence-electron chi connectivity index (χ0n) is 16.3. The molecule has 6 heteroatoms. The summed E-state index contributed by atoms with van der Waals surface area (Å²) in [5, 5.41) is 0.940. The third-order valence-corrected chi connectivity index (χ3v) is 6.99. The minimum absolute atomic E-state index is 0.0107. The van der Waals surface area contributed by atoms with Crippen LogP contribution in [-0.4, -0.2) is 40.5 Å². The molecular formula is C21H26FN3OS. The van der Waals surface area contributed by atoms with Gasteiger partial charge in [0, 0.05) is 30.4 Å². The van der Waals surface area contributed by atoms with Crippen molar-refractivity contribution in [2.24, 2.45) is 5.92 Å². The number of benzene rings is 1. The fourth-order valence-electron chi connectivity index (χ4n) is 4.95. The number of rotatable bonds is 2. The number of halogens is 1. The van der Waals surface area contributed by atoms with Crippen LogP contribution in [0.25, 0.3) is 0 Å². The predicted molar refractivity (Wildman–Crippen MR) is 107 cm³/mol. The number of carbonyl (C=O) groups excluding carboxylic acids is 1. The number of nitrogens with zero attached hydrogens (tertiary/aromatic N) is 3. The molecule has 0 N–H and O–H groups in total. The summed E-state index contributed by atoms with van der Waals surface area (Å²) < 4.78 is 13.4. The van der Waals surface area contributed by atoms with Crippen molar-refractivity contribution in [3.63, 3.8) is 0 Å². The molecule has 0 saturated carbocycles. The Bertz CT molecular complexity index is 861. The van der Waals surface area contributed by atoms with E-state index >= 15 is 0 Å². The second-order valence-electron chi connectivity index (χ2n) is 8.38. The summed E-state index contributed by atoms with van der Waals surface area (Å²) in [6, 6.07) is 7.21. The third kappa shape index (κ3) is 3.24. The summed E-state index contributed by atoms with van der Waals surface area (Å²) in [5.74, 6) is 0.342. The van der Waals surface area contributed by atoms with Crippen molar-refractivity contribution >= 4 is 22.9 Å². The number of hydrogen-bond acceptors (Lipinski definition) is 4. The summed E-state index contributed by atoms with van der Waals surface area (Å²) in [6.45, 7) is 9.89. The van der Waals surface area contributed by atoms with Crippen molar-refractivity contribution in [2.75, 3.05) is 18.0 Å². The molecule has 4 rings (SSSR count). The van der Waals surface area contributed by atoms with Crippen LogP contribution in [0.15, 0.2) is 24.3 Å². The highest BCUT2D eigenvalue weighted by Crippen LogP contribution is 2.44. The number of likely N-dealkylation sites (tertiary alicyclic amines) is 1. The molecule has 2 saturated heterocycles. The molecule has 4 nitrogen and oxygen atoms in total. The van der Waals surface area contributed by atoms with Crippen molar-refractivity contribution in [2.45, 2.75) is 52.1 Å². The van der Waals surface area contributed by atoms with Gasteiger partial charge in [-0.25, -0.2) is 9.37 Å². The van der Waals surface area contributed by atoms with Crippen LogP contribution in [-0.2, 0) is 0 Å². The van der Waals surface area contributed by atoms with Crippen molar-refractivity contribution < 1.29 is 9.18 Å². The van der Waals surface area contributed by atoms with Gasteiger partial charge in [-0.3, -0.25) is 4.79 Å². The molecule has 27 heavy (non-hydrogen) atoms. The molecule has 0 spiro atoms. The van der Waals surface area contributed by atoms with Crippen molar-refractivity contribution in [3.8, 4) is 0 Å². The summed E-state index contributed by atoms with van der Waals surface area (Å²) >= 11 is 1.49. The summed E-state index contributed by atoms with van der Waals surface area (Å²) in [7, 11) is 0. The fourth-order valence-corrected chi connectivity index (χ4v) is 5.84. The lowest BCUT2D eigenvalue weighted by Gasteiger charge is -2.41. The highest BCUT2D eigenvalue weighted by Gasteiger charge is 2.48. The van der Waals surface area contributed by atoms with Gasteiger partial charge in [-0.15, -0.1) is 11.3 Å². The normalized spacial score (nSPS) is 24.2. The third-order valence-electron chi connectivity index (χ3n) is 5.93. The number of amides is 1. The average molecular weight is 388 g/mol. The van der Waals surface area contributed by atoms with Crippen LogP contribution in [0.3, 0.4) is 0 Å². The first kappa shape index (κ1) is 18.4. The van der Waals surface area contributed by atoms with Crippen molar-refractivity contribution in [3.05, 3.63) is 45.7 Å². The molecule has 2 atom stereocenters. The summed E-state index contributed by atoms with van der Waals surface area (Å²) in [5.41, 5.74) is 1.90. The molecule has 1 aromatic heterocycles. The Morgan fingerprint density at radius 1 is 1.26 bits per heavy atom. The predicted octanol–water partition coefficient (Wildman–Crippen LogP) is 4.42. The van der Waals surface area contributed by atoms with Gasteiger partial charge < -0.3 is 9.80 Å². The second-order valence-corrected chi connectivity index (χ2v) is 9.58. The zero-order valence-corrected chi connectivity index (χ0v) is 17.1. The van der Waals surface area contributed by atoms with Crippen LogP contribution in [0, 0.1) is 25.6 Å². The number of piperidine rings is 1. The standard InChI is InChI=1S/C21H26FN3OS/c1-13-19(27-14(2)23-13)20(26)24-10-9-18-15(12-24)11-21(3,4)25(18)17-7-5-16(22)6-8-17/h5-8,15,18H,9-12H2,1-4H3/t15-,18+/m1/s1. The minimum atomic E-state index is -0.206. The lowest BCUT2D eigenvalue weighted by atomic mass is 9.89. The van der Waals surface area contributed by atoms with Crippen molar-refractivity contribution in [1.29, 1.82) is 0 Å². The Hall–Kier alpha value is -1.95. The molecule has 1 amide bonds. The van der Waals surface area contributed by atoms with E-state index in [0.29, 0.717) is 12.0 Å². The Balaban J connectivity index is 1.55. The molecule has 3 heterocycles. The molecule has 2 aliphatic heterocycles. The molecule has 2 aliphatic rings. The number of anilines is 1. The van der Waals surface area contributed by atoms with E-state index in [9.17, 15) is 9.18 Å². The van der Waals surface area contributed by atoms with E-state index in [4.69, 9.17) is 0 Å². The van der Waals surface area contributed by atoms with Gasteiger partial charge in [0.05, 0.1) is 10.7 Å². The molecule has 2 aromatic rings. The van der Waals surface area contributed by atoms with Crippen LogP contribution in [0.1, 0.15) is 47.1 Å². The maximum absolute atomic E-state index is 13.4. The molecule has 0 bridgehead atoms. The van der Waals surface area contributed by atoms with Gasteiger partial charge in [0.2, 0.25) is 0 Å². The van der Waals surface area contributed by atoms with Gasteiger partial charge in [-0.1, -0.05) is 0 Å². The van der Waals surface area contributed by atoms with Crippen LogP contribution >= 0.6 is 11.3 Å². The van der Waals surface area contributed by atoms with Crippen LogP contribution in [0.4, 0.5) is 10.1 Å². The maximum atomic E-state index is 13.4. The Kier molecular flexibility index (Phi) is 4.49. The summed E-state index contributed by atoms with van der Waals surface area (Å²) in [6.07, 6.45) is 1.97. The van der Waals surface area contributed by atoms with Gasteiger partial charge in [-0.2, -0.15) is 0 Å². The molecule has 1 aromatic carbocycles. The number of fused-ring (bicyclic) bond motifs is 1. The van der Waals surface area contributed by atoms with E-state index in [1.54, 1.807) is 0 Å². The number of aromatic nitrogens is 1. The molecule has 0 aliphatic carbocycles. The molecule has 144 valence electrons. The van der Waals surface area contributed by atoms with Crippen LogP contribution in [0.5, 0.6) is 0 Å². The van der Waals surface area contributed by atoms with E-state index < -0.39 is 0 Å². The first-order chi connectivity index (χ1) is 12.8. The van der Waals surface area contributed by atoms with Crippen LogP contribution in [0.2, 0.25) is 0 Å². The lowest BCUT2D eigenvalue weighted by molar-refractivity contribution is 0.0671. The first-order valence-corrected chi connectivity index (χ1v) is 10.4. The number of aryl methyl sites for hydroxylation is 2. The molecule has 0 radical (unpaired) electrons. The molecule has 0 unspecified atom stereocenters. The fraction of sp³-hybridized carbons (Fsp3) is 0.524. The quantitative estimate of drug-likeness (QED) is 0.765.